The Bertz CT molecular complexity index is 623. The molecule has 0 aromatic heterocycles. The molecule has 1 atom stereocenters. The second-order valence-electron chi connectivity index (χ2n) is 5.71. The Balaban J connectivity index is 1.82. The van der Waals surface area contributed by atoms with Crippen molar-refractivity contribution < 1.29 is 0 Å². The Morgan fingerprint density at radius 3 is 2.56 bits per heavy atom. The monoisotopic (exact) mass is 235 g/mol. The Labute approximate surface area is 108 Å². The third kappa shape index (κ3) is 1.31. The number of fused-ring (bicyclic) bond motifs is 3. The molecule has 0 radical (unpaired) electrons. The summed E-state index contributed by atoms with van der Waals surface area (Å²) in [6.07, 6.45) is 2.34. The summed E-state index contributed by atoms with van der Waals surface area (Å²) in [5.41, 5.74) is 7.47. The minimum absolute atomic E-state index is 0.212. The molecule has 4 rings (SSSR count). The molecule has 1 fully saturated rings. The normalized spacial score (nSPS) is 24.3. The molecule has 1 aliphatic heterocycles. The minimum Gasteiger partial charge on any atom is -0.307 e. The van der Waals surface area contributed by atoms with Crippen LogP contribution in [0.3, 0.4) is 0 Å². The number of rotatable bonds is 1. The van der Waals surface area contributed by atoms with E-state index < -0.39 is 0 Å². The molecule has 2 aliphatic rings. The first-order valence-corrected chi connectivity index (χ1v) is 6.73. The highest BCUT2D eigenvalue weighted by atomic mass is 15.0. The predicted molar refractivity (Wildman–Crippen MR) is 74.7 cm³/mol. The standard InChI is InChI=1S/C17H17N/c1-17(8-9-18-17)14-6-7-16-13(11-14)10-12-4-2-3-5-15(12)16/h2-7,11,18H,8-10H2,1H3. The lowest BCUT2D eigenvalue weighted by Gasteiger charge is -2.40. The SMILES string of the molecule is CC1(c2ccc3c(c2)Cc2ccccc2-3)CCN1. The summed E-state index contributed by atoms with van der Waals surface area (Å²) in [5.74, 6) is 0. The largest absolute Gasteiger partial charge is 0.307 e. The van der Waals surface area contributed by atoms with Gasteiger partial charge in [-0.15, -0.1) is 0 Å². The van der Waals surface area contributed by atoms with Crippen LogP contribution in [-0.4, -0.2) is 6.54 Å². The van der Waals surface area contributed by atoms with E-state index in [0.29, 0.717) is 0 Å². The first kappa shape index (κ1) is 10.3. The summed E-state index contributed by atoms with van der Waals surface area (Å²) in [5, 5.41) is 3.55. The van der Waals surface area contributed by atoms with Gasteiger partial charge in [-0.3, -0.25) is 0 Å². The fraction of sp³-hybridized carbons (Fsp3) is 0.294. The molecule has 0 saturated carbocycles. The first-order valence-electron chi connectivity index (χ1n) is 6.73. The maximum absolute atomic E-state index is 3.55. The molecule has 0 amide bonds. The molecule has 2 aromatic rings. The summed E-state index contributed by atoms with van der Waals surface area (Å²) in [6.45, 7) is 3.45. The van der Waals surface area contributed by atoms with Crippen LogP contribution in [0.4, 0.5) is 0 Å². The van der Waals surface area contributed by atoms with Crippen LogP contribution in [0.2, 0.25) is 0 Å². The molecule has 1 unspecified atom stereocenters. The van der Waals surface area contributed by atoms with Gasteiger partial charge < -0.3 is 5.32 Å². The lowest BCUT2D eigenvalue weighted by atomic mass is 9.81. The highest BCUT2D eigenvalue weighted by Crippen LogP contribution is 2.39. The van der Waals surface area contributed by atoms with E-state index in [0.717, 1.165) is 13.0 Å². The van der Waals surface area contributed by atoms with Crippen LogP contribution in [0, 0.1) is 0 Å². The first-order chi connectivity index (χ1) is 8.76. The van der Waals surface area contributed by atoms with E-state index in [1.807, 2.05) is 0 Å². The van der Waals surface area contributed by atoms with Crippen LogP contribution in [0.1, 0.15) is 30.0 Å². The number of hydrogen-bond donors (Lipinski definition) is 1. The van der Waals surface area contributed by atoms with E-state index in [9.17, 15) is 0 Å². The molecule has 1 heteroatoms. The van der Waals surface area contributed by atoms with E-state index in [1.54, 1.807) is 0 Å². The molecule has 0 spiro atoms. The number of benzene rings is 2. The van der Waals surface area contributed by atoms with E-state index in [1.165, 1.54) is 34.2 Å². The third-order valence-electron chi connectivity index (χ3n) is 4.57. The van der Waals surface area contributed by atoms with Gasteiger partial charge in [0, 0.05) is 5.54 Å². The van der Waals surface area contributed by atoms with Crippen molar-refractivity contribution in [3.05, 3.63) is 59.2 Å². The lowest BCUT2D eigenvalue weighted by Crippen LogP contribution is -2.51. The molecular formula is C17H17N. The molecule has 1 saturated heterocycles. The van der Waals surface area contributed by atoms with Gasteiger partial charge in [0.15, 0.2) is 0 Å². The molecular weight excluding hydrogens is 218 g/mol. The van der Waals surface area contributed by atoms with E-state index in [-0.39, 0.29) is 5.54 Å². The number of hydrogen-bond acceptors (Lipinski definition) is 1. The minimum atomic E-state index is 0.212. The Hall–Kier alpha value is -1.60. The van der Waals surface area contributed by atoms with Gasteiger partial charge in [-0.1, -0.05) is 42.5 Å². The molecule has 1 nitrogen and oxygen atoms in total. The summed E-state index contributed by atoms with van der Waals surface area (Å²) in [4.78, 5) is 0. The van der Waals surface area contributed by atoms with Gasteiger partial charge in [-0.2, -0.15) is 0 Å². The molecule has 2 aromatic carbocycles. The second kappa shape index (κ2) is 3.46. The summed E-state index contributed by atoms with van der Waals surface area (Å²) < 4.78 is 0. The van der Waals surface area contributed by atoms with Crippen molar-refractivity contribution >= 4 is 0 Å². The summed E-state index contributed by atoms with van der Waals surface area (Å²) >= 11 is 0. The quantitative estimate of drug-likeness (QED) is 0.681. The van der Waals surface area contributed by atoms with E-state index >= 15 is 0 Å². The van der Waals surface area contributed by atoms with Crippen LogP contribution in [0.5, 0.6) is 0 Å². The zero-order valence-electron chi connectivity index (χ0n) is 10.7. The Morgan fingerprint density at radius 2 is 1.78 bits per heavy atom. The van der Waals surface area contributed by atoms with Crippen LogP contribution in [0.15, 0.2) is 42.5 Å². The molecule has 1 N–H and O–H groups in total. The maximum Gasteiger partial charge on any atom is 0.0418 e. The summed E-state index contributed by atoms with van der Waals surface area (Å²) in [7, 11) is 0. The zero-order valence-corrected chi connectivity index (χ0v) is 10.7. The lowest BCUT2D eigenvalue weighted by molar-refractivity contribution is 0.237. The average Bonchev–Trinajstić information content (AvgIpc) is 2.73. The zero-order chi connectivity index (χ0) is 12.2. The van der Waals surface area contributed by atoms with E-state index in [2.05, 4.69) is 54.7 Å². The molecule has 1 heterocycles. The average molecular weight is 235 g/mol. The van der Waals surface area contributed by atoms with Gasteiger partial charge in [-0.05, 0) is 54.1 Å². The van der Waals surface area contributed by atoms with Crippen LogP contribution in [0.25, 0.3) is 11.1 Å². The highest BCUT2D eigenvalue weighted by molar-refractivity contribution is 5.77. The maximum atomic E-state index is 3.55. The highest BCUT2D eigenvalue weighted by Gasteiger charge is 2.33. The van der Waals surface area contributed by atoms with E-state index in [4.69, 9.17) is 0 Å². The van der Waals surface area contributed by atoms with Gasteiger partial charge in [0.05, 0.1) is 0 Å². The molecule has 18 heavy (non-hydrogen) atoms. The molecule has 0 bridgehead atoms. The van der Waals surface area contributed by atoms with Crippen molar-refractivity contribution in [3.63, 3.8) is 0 Å². The van der Waals surface area contributed by atoms with Crippen LogP contribution in [-0.2, 0) is 12.0 Å². The van der Waals surface area contributed by atoms with Gasteiger partial charge in [-0.25, -0.2) is 0 Å². The van der Waals surface area contributed by atoms with Crippen molar-refractivity contribution in [2.75, 3.05) is 6.54 Å². The fourth-order valence-corrected chi connectivity index (χ4v) is 3.23. The molecule has 90 valence electrons. The molecule has 1 aliphatic carbocycles. The summed E-state index contributed by atoms with van der Waals surface area (Å²) in [6, 6.07) is 15.8. The van der Waals surface area contributed by atoms with Gasteiger partial charge in [0.2, 0.25) is 0 Å². The smallest absolute Gasteiger partial charge is 0.0418 e. The third-order valence-corrected chi connectivity index (χ3v) is 4.57. The van der Waals surface area contributed by atoms with Gasteiger partial charge in [0.1, 0.15) is 0 Å². The van der Waals surface area contributed by atoms with Gasteiger partial charge >= 0.3 is 0 Å². The van der Waals surface area contributed by atoms with Crippen molar-refractivity contribution in [1.29, 1.82) is 0 Å². The van der Waals surface area contributed by atoms with Crippen molar-refractivity contribution in [2.24, 2.45) is 0 Å². The second-order valence-corrected chi connectivity index (χ2v) is 5.71. The Kier molecular flexibility index (Phi) is 1.98. The van der Waals surface area contributed by atoms with Crippen LogP contribution >= 0.6 is 0 Å². The predicted octanol–water partition coefficient (Wildman–Crippen LogP) is 3.47. The van der Waals surface area contributed by atoms with Crippen molar-refractivity contribution in [2.45, 2.75) is 25.3 Å². The van der Waals surface area contributed by atoms with Gasteiger partial charge in [0.25, 0.3) is 0 Å². The number of nitrogens with one attached hydrogen (secondary N) is 1. The van der Waals surface area contributed by atoms with Crippen LogP contribution < -0.4 is 5.32 Å². The fourth-order valence-electron chi connectivity index (χ4n) is 3.23. The van der Waals surface area contributed by atoms with Crippen molar-refractivity contribution in [1.82, 2.24) is 5.32 Å². The van der Waals surface area contributed by atoms with Crippen molar-refractivity contribution in [3.8, 4) is 11.1 Å². The topological polar surface area (TPSA) is 12.0 Å². The Morgan fingerprint density at radius 1 is 1.00 bits per heavy atom.